The van der Waals surface area contributed by atoms with Crippen molar-refractivity contribution in [2.45, 2.75) is 39.7 Å². The summed E-state index contributed by atoms with van der Waals surface area (Å²) in [6.45, 7) is 5.63. The number of hydrogen-bond acceptors (Lipinski definition) is 4. The molecule has 0 heterocycles. The molecule has 0 fully saturated rings. The lowest BCUT2D eigenvalue weighted by Gasteiger charge is -2.18. The maximum absolute atomic E-state index is 12.6. The molecule has 0 aliphatic carbocycles. The Balaban J connectivity index is 2.12. The van der Waals surface area contributed by atoms with Crippen LogP contribution in [0.3, 0.4) is 0 Å². The number of carbonyl (C=O) groups is 2. The Bertz CT molecular complexity index is 763. The molecule has 1 N–H and O–H groups in total. The predicted octanol–water partition coefficient (Wildman–Crippen LogP) is 4.00. The predicted molar refractivity (Wildman–Crippen MR) is 102 cm³/mol. The minimum absolute atomic E-state index is 0.290. The SMILES string of the molecule is CCc1cccc(CC)c1NC(=O)[C@H](C)OC(=O)c1ccccc1OC. The number of rotatable bonds is 7. The monoisotopic (exact) mass is 355 g/mol. The molecule has 5 heteroatoms. The molecule has 0 unspecified atom stereocenters. The minimum Gasteiger partial charge on any atom is -0.496 e. The second-order valence-electron chi connectivity index (χ2n) is 5.90. The molecule has 26 heavy (non-hydrogen) atoms. The van der Waals surface area contributed by atoms with Crippen LogP contribution in [0.1, 0.15) is 42.3 Å². The lowest BCUT2D eigenvalue weighted by molar-refractivity contribution is -0.123. The van der Waals surface area contributed by atoms with Crippen LogP contribution in [-0.2, 0) is 22.4 Å². The highest BCUT2D eigenvalue weighted by Gasteiger charge is 2.22. The molecule has 2 aromatic carbocycles. The topological polar surface area (TPSA) is 64.6 Å². The summed E-state index contributed by atoms with van der Waals surface area (Å²) in [5.41, 5.74) is 3.21. The van der Waals surface area contributed by atoms with Gasteiger partial charge in [0.15, 0.2) is 6.10 Å². The molecular weight excluding hydrogens is 330 g/mol. The van der Waals surface area contributed by atoms with Crippen LogP contribution < -0.4 is 10.1 Å². The van der Waals surface area contributed by atoms with Crippen molar-refractivity contribution in [3.63, 3.8) is 0 Å². The van der Waals surface area contributed by atoms with Crippen molar-refractivity contribution in [3.05, 3.63) is 59.2 Å². The van der Waals surface area contributed by atoms with Crippen molar-refractivity contribution in [3.8, 4) is 5.75 Å². The van der Waals surface area contributed by atoms with E-state index >= 15 is 0 Å². The van der Waals surface area contributed by atoms with E-state index in [0.717, 1.165) is 29.7 Å². The fourth-order valence-corrected chi connectivity index (χ4v) is 2.72. The lowest BCUT2D eigenvalue weighted by atomic mass is 10.0. The van der Waals surface area contributed by atoms with Gasteiger partial charge in [-0.05, 0) is 43.0 Å². The van der Waals surface area contributed by atoms with Crippen molar-refractivity contribution in [1.82, 2.24) is 0 Å². The van der Waals surface area contributed by atoms with E-state index in [9.17, 15) is 9.59 Å². The van der Waals surface area contributed by atoms with Crippen molar-refractivity contribution in [1.29, 1.82) is 0 Å². The summed E-state index contributed by atoms with van der Waals surface area (Å²) < 4.78 is 10.5. The van der Waals surface area contributed by atoms with Gasteiger partial charge in [-0.2, -0.15) is 0 Å². The Labute approximate surface area is 154 Å². The molecule has 0 spiro atoms. The molecule has 0 radical (unpaired) electrons. The average Bonchev–Trinajstić information content (AvgIpc) is 2.67. The zero-order chi connectivity index (χ0) is 19.1. The van der Waals surface area contributed by atoms with Gasteiger partial charge >= 0.3 is 5.97 Å². The molecule has 2 aromatic rings. The van der Waals surface area contributed by atoms with E-state index in [4.69, 9.17) is 9.47 Å². The highest BCUT2D eigenvalue weighted by atomic mass is 16.5. The first-order chi connectivity index (χ1) is 12.5. The summed E-state index contributed by atoms with van der Waals surface area (Å²) in [4.78, 5) is 24.9. The van der Waals surface area contributed by atoms with E-state index in [1.54, 1.807) is 31.2 Å². The Kier molecular flexibility index (Phi) is 6.78. The van der Waals surface area contributed by atoms with E-state index in [1.807, 2.05) is 32.0 Å². The van der Waals surface area contributed by atoms with Gasteiger partial charge in [0, 0.05) is 5.69 Å². The van der Waals surface area contributed by atoms with E-state index in [0.29, 0.717) is 5.75 Å². The van der Waals surface area contributed by atoms with E-state index < -0.39 is 12.1 Å². The van der Waals surface area contributed by atoms with Crippen molar-refractivity contribution in [2.75, 3.05) is 12.4 Å². The molecule has 2 rings (SSSR count). The average molecular weight is 355 g/mol. The van der Waals surface area contributed by atoms with Gasteiger partial charge in [0.1, 0.15) is 11.3 Å². The third-order valence-electron chi connectivity index (χ3n) is 4.23. The highest BCUT2D eigenvalue weighted by Crippen LogP contribution is 2.23. The molecule has 0 saturated heterocycles. The van der Waals surface area contributed by atoms with Gasteiger partial charge in [0.25, 0.3) is 5.91 Å². The van der Waals surface area contributed by atoms with Gasteiger partial charge < -0.3 is 14.8 Å². The third kappa shape index (κ3) is 4.42. The van der Waals surface area contributed by atoms with Gasteiger partial charge in [-0.15, -0.1) is 0 Å². The number of benzene rings is 2. The fourth-order valence-electron chi connectivity index (χ4n) is 2.72. The van der Waals surface area contributed by atoms with Crippen LogP contribution >= 0.6 is 0 Å². The van der Waals surface area contributed by atoms with Crippen LogP contribution in [0.2, 0.25) is 0 Å². The van der Waals surface area contributed by atoms with Crippen molar-refractivity contribution < 1.29 is 19.1 Å². The van der Waals surface area contributed by atoms with Gasteiger partial charge in [-0.1, -0.05) is 44.2 Å². The Morgan fingerprint density at radius 3 is 2.19 bits per heavy atom. The summed E-state index contributed by atoms with van der Waals surface area (Å²) in [6, 6.07) is 12.7. The smallest absolute Gasteiger partial charge is 0.342 e. The first-order valence-electron chi connectivity index (χ1n) is 8.77. The third-order valence-corrected chi connectivity index (χ3v) is 4.23. The van der Waals surface area contributed by atoms with Gasteiger partial charge in [-0.25, -0.2) is 4.79 Å². The summed E-state index contributed by atoms with van der Waals surface area (Å²) in [5.74, 6) is -0.539. The largest absolute Gasteiger partial charge is 0.496 e. The highest BCUT2D eigenvalue weighted by molar-refractivity contribution is 5.99. The standard InChI is InChI=1S/C21H25NO4/c1-5-15-10-9-11-16(6-2)19(15)22-20(23)14(3)26-21(24)17-12-7-8-13-18(17)25-4/h7-14H,5-6H2,1-4H3,(H,22,23)/t14-/m0/s1. The van der Waals surface area contributed by atoms with E-state index in [-0.39, 0.29) is 11.5 Å². The second-order valence-corrected chi connectivity index (χ2v) is 5.90. The summed E-state index contributed by atoms with van der Waals surface area (Å²) in [6.07, 6.45) is 0.680. The van der Waals surface area contributed by atoms with E-state index in [2.05, 4.69) is 5.32 Å². The second kappa shape index (κ2) is 9.04. The molecule has 1 amide bonds. The zero-order valence-electron chi connectivity index (χ0n) is 15.7. The number of carbonyl (C=O) groups excluding carboxylic acids is 2. The maximum atomic E-state index is 12.6. The normalized spacial score (nSPS) is 11.5. The van der Waals surface area contributed by atoms with Crippen molar-refractivity contribution >= 4 is 17.6 Å². The van der Waals surface area contributed by atoms with Gasteiger partial charge in [0.05, 0.1) is 7.11 Å². The van der Waals surface area contributed by atoms with Crippen LogP contribution in [0.25, 0.3) is 0 Å². The van der Waals surface area contributed by atoms with Gasteiger partial charge in [0.2, 0.25) is 0 Å². The number of hydrogen-bond donors (Lipinski definition) is 1. The van der Waals surface area contributed by atoms with E-state index in [1.165, 1.54) is 7.11 Å². The summed E-state index contributed by atoms with van der Waals surface area (Å²) >= 11 is 0. The number of methoxy groups -OCH3 is 1. The molecule has 0 aliphatic heterocycles. The molecule has 1 atom stereocenters. The van der Waals surface area contributed by atoms with Gasteiger partial charge in [-0.3, -0.25) is 4.79 Å². The Hall–Kier alpha value is -2.82. The van der Waals surface area contributed by atoms with Crippen LogP contribution in [0.4, 0.5) is 5.69 Å². The molecule has 0 saturated carbocycles. The molecule has 0 aromatic heterocycles. The minimum atomic E-state index is -0.929. The zero-order valence-corrected chi connectivity index (χ0v) is 15.7. The number of amides is 1. The van der Waals surface area contributed by atoms with Crippen LogP contribution in [0.5, 0.6) is 5.75 Å². The first kappa shape index (κ1) is 19.5. The maximum Gasteiger partial charge on any atom is 0.342 e. The number of ether oxygens (including phenoxy) is 2. The van der Waals surface area contributed by atoms with Crippen LogP contribution in [0, 0.1) is 0 Å². The Morgan fingerprint density at radius 2 is 1.62 bits per heavy atom. The quantitative estimate of drug-likeness (QED) is 0.762. The number of nitrogens with one attached hydrogen (secondary N) is 1. The van der Waals surface area contributed by atoms with Crippen LogP contribution in [0.15, 0.2) is 42.5 Å². The van der Waals surface area contributed by atoms with Crippen LogP contribution in [-0.4, -0.2) is 25.1 Å². The first-order valence-corrected chi connectivity index (χ1v) is 8.77. The number of para-hydroxylation sites is 2. The fraction of sp³-hybridized carbons (Fsp3) is 0.333. The number of anilines is 1. The summed E-state index contributed by atoms with van der Waals surface area (Å²) in [5, 5.41) is 2.92. The molecule has 138 valence electrons. The Morgan fingerprint density at radius 1 is 1.00 bits per heavy atom. The molecule has 0 aliphatic rings. The molecule has 0 bridgehead atoms. The van der Waals surface area contributed by atoms with Crippen molar-refractivity contribution in [2.24, 2.45) is 0 Å². The lowest BCUT2D eigenvalue weighted by Crippen LogP contribution is -2.30. The number of esters is 1. The number of aryl methyl sites for hydroxylation is 2. The molecule has 5 nitrogen and oxygen atoms in total. The molecular formula is C21H25NO4. The summed E-state index contributed by atoms with van der Waals surface area (Å²) in [7, 11) is 1.48.